The van der Waals surface area contributed by atoms with Crippen LogP contribution >= 0.6 is 0 Å². The van der Waals surface area contributed by atoms with Crippen LogP contribution in [-0.4, -0.2) is 60.1 Å². The first-order chi connectivity index (χ1) is 15.7. The van der Waals surface area contributed by atoms with E-state index in [0.29, 0.717) is 23.5 Å². The summed E-state index contributed by atoms with van der Waals surface area (Å²) in [6.45, 7) is 2.52. The van der Waals surface area contributed by atoms with Crippen LogP contribution in [0.5, 0.6) is 5.75 Å². The molecule has 2 amide bonds. The van der Waals surface area contributed by atoms with Gasteiger partial charge in [0.2, 0.25) is 11.9 Å². The lowest BCUT2D eigenvalue weighted by molar-refractivity contribution is -0.323. The Morgan fingerprint density at radius 3 is 2.64 bits per heavy atom. The average molecular weight is 457 g/mol. The molecular weight excluding hydrogens is 434 g/mol. The number of nitrogens with zero attached hydrogens (tertiary/aromatic N) is 4. The fraction of sp³-hybridized carbons (Fsp3) is 0.350. The molecule has 2 heterocycles. The van der Waals surface area contributed by atoms with Gasteiger partial charge in [-0.25, -0.2) is 4.98 Å². The van der Waals surface area contributed by atoms with Crippen molar-refractivity contribution in [3.05, 3.63) is 30.1 Å². The van der Waals surface area contributed by atoms with Crippen molar-refractivity contribution in [2.45, 2.75) is 32.4 Å². The van der Waals surface area contributed by atoms with Gasteiger partial charge in [-0.1, -0.05) is 0 Å². The average Bonchev–Trinajstić information content (AvgIpc) is 3.52. The summed E-state index contributed by atoms with van der Waals surface area (Å²) in [4.78, 5) is 32.8. The van der Waals surface area contributed by atoms with Crippen LogP contribution in [0.15, 0.2) is 24.5 Å². The highest BCUT2D eigenvalue weighted by molar-refractivity contribution is 6.01. The first-order valence-corrected chi connectivity index (χ1v) is 10.2. The molecule has 2 aromatic heterocycles. The van der Waals surface area contributed by atoms with Crippen molar-refractivity contribution in [3.8, 4) is 5.75 Å². The van der Waals surface area contributed by atoms with E-state index in [0.717, 1.165) is 24.4 Å². The number of carbonyl (C=O) groups excluding carboxylic acids is 2. The Balaban J connectivity index is 1.75. The first kappa shape index (κ1) is 22.4. The van der Waals surface area contributed by atoms with Crippen LogP contribution in [0.2, 0.25) is 0 Å². The van der Waals surface area contributed by atoms with Crippen LogP contribution in [0, 0.1) is 5.92 Å². The Morgan fingerprint density at radius 2 is 2.00 bits per heavy atom. The molecule has 1 saturated carbocycles. The molecule has 0 atom stereocenters. The third-order valence-electron chi connectivity index (χ3n) is 5.01. The summed E-state index contributed by atoms with van der Waals surface area (Å²) in [6, 6.07) is 3.50. The number of rotatable bonds is 8. The second kappa shape index (κ2) is 8.61. The number of carbonyl (C=O) groups is 2. The highest BCUT2D eigenvalue weighted by Crippen LogP contribution is 2.36. The lowest BCUT2D eigenvalue weighted by Crippen LogP contribution is -2.48. The molecule has 0 bridgehead atoms. The largest absolute Gasteiger partial charge is 0.492 e. The normalized spacial score (nSPS) is 13.6. The van der Waals surface area contributed by atoms with Crippen LogP contribution in [0.3, 0.4) is 0 Å². The van der Waals surface area contributed by atoms with Gasteiger partial charge in [-0.15, -0.1) is 0 Å². The molecule has 1 aliphatic rings. The van der Waals surface area contributed by atoms with Gasteiger partial charge >= 0.3 is 6.10 Å². The highest BCUT2D eigenvalue weighted by atomic mass is 16.7. The Bertz CT molecular complexity index is 1220. The predicted octanol–water partition coefficient (Wildman–Crippen LogP) is 0.265. The number of hydrogen-bond donors (Lipinski definition) is 6. The maximum atomic E-state index is 12.5. The van der Waals surface area contributed by atoms with E-state index in [-0.39, 0.29) is 29.2 Å². The van der Waals surface area contributed by atoms with E-state index in [2.05, 4.69) is 25.7 Å². The molecule has 6 N–H and O–H groups in total. The second-order valence-corrected chi connectivity index (χ2v) is 7.48. The quantitative estimate of drug-likeness (QED) is 0.257. The maximum Gasteiger partial charge on any atom is 0.369 e. The molecule has 0 radical (unpaired) electrons. The van der Waals surface area contributed by atoms with Crippen molar-refractivity contribution >= 4 is 40.2 Å². The van der Waals surface area contributed by atoms with Gasteiger partial charge in [-0.05, 0) is 31.9 Å². The number of ether oxygens (including phenoxy) is 1. The second-order valence-electron chi connectivity index (χ2n) is 7.48. The molecule has 1 aromatic carbocycles. The van der Waals surface area contributed by atoms with Gasteiger partial charge < -0.3 is 25.4 Å². The number of nitrogens with one attached hydrogen (secondary N) is 3. The molecule has 3 aromatic rings. The number of methoxy groups -OCH3 is 1. The molecule has 0 aliphatic heterocycles. The van der Waals surface area contributed by atoms with Crippen molar-refractivity contribution in [1.82, 2.24) is 25.1 Å². The molecule has 0 unspecified atom stereocenters. The monoisotopic (exact) mass is 457 g/mol. The standard InChI is InChI=1S/C20H23N7O6/c1-3-27-14-11(8-22-27)6-7-13(15(14)33-2)23-16-12(18(29)26-20(30,31)32)9-21-19(24-16)25-17(28)10-4-5-10/h6-10,30-32H,3-5H2,1-2H3,(H,26,29)(H2,21,23,24,25,28). The zero-order chi connectivity index (χ0) is 23.8. The van der Waals surface area contributed by atoms with Crippen molar-refractivity contribution in [2.75, 3.05) is 17.7 Å². The van der Waals surface area contributed by atoms with Crippen LogP contribution < -0.4 is 20.7 Å². The lowest BCUT2D eigenvalue weighted by Gasteiger charge is -2.18. The molecule has 13 nitrogen and oxygen atoms in total. The zero-order valence-electron chi connectivity index (χ0n) is 17.9. The van der Waals surface area contributed by atoms with Gasteiger partial charge in [-0.2, -0.15) is 10.1 Å². The van der Waals surface area contributed by atoms with Crippen LogP contribution in [0.4, 0.5) is 17.5 Å². The van der Waals surface area contributed by atoms with Gasteiger partial charge in [0.1, 0.15) is 16.9 Å². The Labute approximate surface area is 187 Å². The topological polar surface area (TPSA) is 184 Å². The Hall–Kier alpha value is -3.81. The molecule has 174 valence electrons. The number of aliphatic hydroxyl groups is 3. The van der Waals surface area contributed by atoms with Crippen molar-refractivity contribution in [1.29, 1.82) is 0 Å². The van der Waals surface area contributed by atoms with Gasteiger partial charge in [0.15, 0.2) is 5.75 Å². The number of fused-ring (bicyclic) bond motifs is 1. The molecule has 1 fully saturated rings. The van der Waals surface area contributed by atoms with Gasteiger partial charge in [0.25, 0.3) is 5.91 Å². The summed E-state index contributed by atoms with van der Waals surface area (Å²) in [5.41, 5.74) is 0.912. The fourth-order valence-corrected chi connectivity index (χ4v) is 3.30. The number of hydrogen-bond acceptors (Lipinski definition) is 10. The van der Waals surface area contributed by atoms with E-state index in [9.17, 15) is 9.59 Å². The first-order valence-electron chi connectivity index (χ1n) is 10.2. The molecule has 0 spiro atoms. The number of aromatic nitrogens is 4. The third kappa shape index (κ3) is 4.84. The summed E-state index contributed by atoms with van der Waals surface area (Å²) in [7, 11) is 1.49. The SMILES string of the molecule is CCn1ncc2ccc(Nc3nc(NC(=O)C4CC4)ncc3C(=O)NC(O)(O)O)c(OC)c21. The van der Waals surface area contributed by atoms with Crippen molar-refractivity contribution < 1.29 is 29.6 Å². The summed E-state index contributed by atoms with van der Waals surface area (Å²) in [6.07, 6.45) is 0.901. The number of anilines is 3. The van der Waals surface area contributed by atoms with E-state index < -0.39 is 12.0 Å². The number of benzene rings is 1. The smallest absolute Gasteiger partial charge is 0.369 e. The molecule has 33 heavy (non-hydrogen) atoms. The van der Waals surface area contributed by atoms with E-state index in [1.807, 2.05) is 6.92 Å². The van der Waals surface area contributed by atoms with Crippen molar-refractivity contribution in [3.63, 3.8) is 0 Å². The number of amides is 2. The lowest BCUT2D eigenvalue weighted by atomic mass is 10.2. The maximum absolute atomic E-state index is 12.5. The molecule has 4 rings (SSSR count). The van der Waals surface area contributed by atoms with Crippen LogP contribution in [0.25, 0.3) is 10.9 Å². The summed E-state index contributed by atoms with van der Waals surface area (Å²) < 4.78 is 7.33. The van der Waals surface area contributed by atoms with Gasteiger partial charge in [-0.3, -0.25) is 24.9 Å². The summed E-state index contributed by atoms with van der Waals surface area (Å²) in [5.74, 6) is -1.09. The summed E-state index contributed by atoms with van der Waals surface area (Å²) >= 11 is 0. The Kier molecular flexibility index (Phi) is 5.84. The van der Waals surface area contributed by atoms with Crippen molar-refractivity contribution in [2.24, 2.45) is 5.92 Å². The van der Waals surface area contributed by atoms with Gasteiger partial charge in [0, 0.05) is 24.0 Å². The molecular formula is C20H23N7O6. The zero-order valence-corrected chi connectivity index (χ0v) is 17.9. The minimum atomic E-state index is -3.45. The fourth-order valence-electron chi connectivity index (χ4n) is 3.30. The molecule has 1 aliphatic carbocycles. The minimum absolute atomic E-state index is 0.0483. The molecule has 13 heteroatoms. The van der Waals surface area contributed by atoms with E-state index in [1.165, 1.54) is 7.11 Å². The van der Waals surface area contributed by atoms with E-state index >= 15 is 0 Å². The van der Waals surface area contributed by atoms with Gasteiger partial charge in [0.05, 0.1) is 19.0 Å². The highest BCUT2D eigenvalue weighted by Gasteiger charge is 2.31. The van der Waals surface area contributed by atoms with Crippen LogP contribution in [-0.2, 0) is 11.3 Å². The molecule has 0 saturated heterocycles. The minimum Gasteiger partial charge on any atom is -0.492 e. The summed E-state index contributed by atoms with van der Waals surface area (Å²) in [5, 5.41) is 39.7. The number of aryl methyl sites for hydroxylation is 1. The van der Waals surface area contributed by atoms with E-state index in [1.54, 1.807) is 28.3 Å². The Morgan fingerprint density at radius 1 is 1.24 bits per heavy atom. The van der Waals surface area contributed by atoms with E-state index in [4.69, 9.17) is 20.1 Å². The third-order valence-corrected chi connectivity index (χ3v) is 5.01. The van der Waals surface area contributed by atoms with Crippen LogP contribution in [0.1, 0.15) is 30.1 Å². The predicted molar refractivity (Wildman–Crippen MR) is 115 cm³/mol.